The van der Waals surface area contributed by atoms with Crippen molar-refractivity contribution in [3.05, 3.63) is 41.5 Å². The molecule has 0 aliphatic heterocycles. The van der Waals surface area contributed by atoms with Crippen molar-refractivity contribution in [2.24, 2.45) is 5.92 Å². The van der Waals surface area contributed by atoms with Crippen molar-refractivity contribution in [2.45, 2.75) is 32.5 Å². The molecule has 0 saturated heterocycles. The molecule has 0 radical (unpaired) electrons. The number of ether oxygens (including phenoxy) is 1. The standard InChI is InChI=1S/C16H19F2NO3/c1-10(11-5-6-11)7-15(21)19-9-14(20)12-3-2-4-13(8-12)22-16(17)18/h2-4,7-8,11,14,16,20H,5-6,9H2,1H3,(H,19,21)/b10-7-. The van der Waals surface area contributed by atoms with Crippen LogP contribution in [0.25, 0.3) is 0 Å². The first-order valence-corrected chi connectivity index (χ1v) is 7.14. The van der Waals surface area contributed by atoms with Gasteiger partial charge >= 0.3 is 6.61 Å². The maximum Gasteiger partial charge on any atom is 0.387 e. The molecule has 2 rings (SSSR count). The topological polar surface area (TPSA) is 58.6 Å². The van der Waals surface area contributed by atoms with Gasteiger partial charge in [0.05, 0.1) is 6.10 Å². The molecule has 0 heterocycles. The minimum atomic E-state index is -2.91. The first-order chi connectivity index (χ1) is 10.5. The first kappa shape index (κ1) is 16.4. The third-order valence-corrected chi connectivity index (χ3v) is 3.52. The summed E-state index contributed by atoms with van der Waals surface area (Å²) >= 11 is 0. The summed E-state index contributed by atoms with van der Waals surface area (Å²) in [4.78, 5) is 11.7. The molecule has 22 heavy (non-hydrogen) atoms. The van der Waals surface area contributed by atoms with Gasteiger partial charge in [-0.15, -0.1) is 0 Å². The number of nitrogens with one attached hydrogen (secondary N) is 1. The zero-order valence-corrected chi connectivity index (χ0v) is 12.3. The Kier molecular flexibility index (Phi) is 5.49. The zero-order chi connectivity index (χ0) is 16.1. The SMILES string of the molecule is C/C(=C/C(=O)NCC(O)c1cccc(OC(F)F)c1)C1CC1. The molecule has 120 valence electrons. The van der Waals surface area contributed by atoms with E-state index >= 15 is 0 Å². The quantitative estimate of drug-likeness (QED) is 0.761. The molecule has 1 saturated carbocycles. The molecule has 0 aromatic heterocycles. The lowest BCUT2D eigenvalue weighted by Gasteiger charge is -2.13. The summed E-state index contributed by atoms with van der Waals surface area (Å²) in [5.41, 5.74) is 1.45. The Labute approximate surface area is 127 Å². The summed E-state index contributed by atoms with van der Waals surface area (Å²) in [5.74, 6) is 0.227. The van der Waals surface area contributed by atoms with Crippen LogP contribution in [0, 0.1) is 5.92 Å². The number of amides is 1. The van der Waals surface area contributed by atoms with Gasteiger partial charge in [-0.3, -0.25) is 4.79 Å². The molecule has 0 spiro atoms. The van der Waals surface area contributed by atoms with E-state index in [0.29, 0.717) is 11.5 Å². The Hall–Kier alpha value is -1.95. The number of carbonyl (C=O) groups is 1. The molecule has 6 heteroatoms. The van der Waals surface area contributed by atoms with Crippen molar-refractivity contribution < 1.29 is 23.4 Å². The van der Waals surface area contributed by atoms with Crippen molar-refractivity contribution in [3.63, 3.8) is 0 Å². The van der Waals surface area contributed by atoms with Crippen molar-refractivity contribution in [3.8, 4) is 5.75 Å². The van der Waals surface area contributed by atoms with Gasteiger partial charge in [0.2, 0.25) is 5.91 Å². The summed E-state index contributed by atoms with van der Waals surface area (Å²) < 4.78 is 28.6. The number of halogens is 2. The molecule has 1 aromatic rings. The van der Waals surface area contributed by atoms with Crippen LogP contribution in [-0.4, -0.2) is 24.2 Å². The van der Waals surface area contributed by atoms with Crippen LogP contribution >= 0.6 is 0 Å². The average molecular weight is 311 g/mol. The number of rotatable bonds is 7. The second-order valence-electron chi connectivity index (χ2n) is 5.37. The summed E-state index contributed by atoms with van der Waals surface area (Å²) in [6.45, 7) is -0.993. The molecule has 1 aliphatic rings. The van der Waals surface area contributed by atoms with E-state index in [1.165, 1.54) is 18.2 Å². The first-order valence-electron chi connectivity index (χ1n) is 7.14. The van der Waals surface area contributed by atoms with Crippen LogP contribution in [0.5, 0.6) is 5.75 Å². The molecule has 2 N–H and O–H groups in total. The smallest absolute Gasteiger partial charge is 0.387 e. The lowest BCUT2D eigenvalue weighted by molar-refractivity contribution is -0.117. The molecule has 1 unspecified atom stereocenters. The van der Waals surface area contributed by atoms with Gasteiger partial charge in [-0.25, -0.2) is 0 Å². The summed E-state index contributed by atoms with van der Waals surface area (Å²) in [6.07, 6.45) is 2.80. The molecule has 1 atom stereocenters. The molecular formula is C16H19F2NO3. The Morgan fingerprint density at radius 1 is 1.50 bits per heavy atom. The minimum Gasteiger partial charge on any atom is -0.435 e. The van der Waals surface area contributed by atoms with Crippen LogP contribution in [0.4, 0.5) is 8.78 Å². The van der Waals surface area contributed by atoms with Crippen LogP contribution < -0.4 is 10.1 Å². The van der Waals surface area contributed by atoms with E-state index in [4.69, 9.17) is 0 Å². The largest absolute Gasteiger partial charge is 0.435 e. The number of hydrogen-bond acceptors (Lipinski definition) is 3. The third-order valence-electron chi connectivity index (χ3n) is 3.52. The summed E-state index contributed by atoms with van der Waals surface area (Å²) in [7, 11) is 0. The lowest BCUT2D eigenvalue weighted by atomic mass is 10.1. The van der Waals surface area contributed by atoms with Gasteiger partial charge in [0.25, 0.3) is 0 Å². The van der Waals surface area contributed by atoms with Gasteiger partial charge in [0.1, 0.15) is 5.75 Å². The molecule has 1 amide bonds. The normalized spacial score (nSPS) is 16.5. The predicted octanol–water partition coefficient (Wildman–Crippen LogP) is 2.79. The Balaban J connectivity index is 1.87. The Bertz CT molecular complexity index is 556. The third kappa shape index (κ3) is 5.11. The second kappa shape index (κ2) is 7.35. The fraction of sp³-hybridized carbons (Fsp3) is 0.438. The van der Waals surface area contributed by atoms with Crippen LogP contribution in [0.3, 0.4) is 0 Å². The number of benzene rings is 1. The second-order valence-corrected chi connectivity index (χ2v) is 5.37. The molecular weight excluding hydrogens is 292 g/mol. The highest BCUT2D eigenvalue weighted by molar-refractivity contribution is 5.88. The number of aliphatic hydroxyl groups is 1. The van der Waals surface area contributed by atoms with Crippen molar-refractivity contribution in [1.82, 2.24) is 5.32 Å². The van der Waals surface area contributed by atoms with Gasteiger partial charge in [-0.05, 0) is 43.4 Å². The van der Waals surface area contributed by atoms with E-state index in [-0.39, 0.29) is 18.2 Å². The fourth-order valence-corrected chi connectivity index (χ4v) is 2.13. The molecule has 0 bridgehead atoms. The van der Waals surface area contributed by atoms with Gasteiger partial charge in [-0.2, -0.15) is 8.78 Å². The fourth-order valence-electron chi connectivity index (χ4n) is 2.13. The Morgan fingerprint density at radius 3 is 2.86 bits per heavy atom. The van der Waals surface area contributed by atoms with Crippen LogP contribution in [0.1, 0.15) is 31.4 Å². The lowest BCUT2D eigenvalue weighted by Crippen LogP contribution is -2.27. The minimum absolute atomic E-state index is 0.00537. The van der Waals surface area contributed by atoms with E-state index in [1.807, 2.05) is 6.92 Å². The zero-order valence-electron chi connectivity index (χ0n) is 12.3. The van der Waals surface area contributed by atoms with E-state index < -0.39 is 12.7 Å². The molecule has 4 nitrogen and oxygen atoms in total. The van der Waals surface area contributed by atoms with Crippen LogP contribution in [-0.2, 0) is 4.79 Å². The van der Waals surface area contributed by atoms with Crippen molar-refractivity contribution in [2.75, 3.05) is 6.54 Å². The average Bonchev–Trinajstić information content (AvgIpc) is 3.29. The highest BCUT2D eigenvalue weighted by Gasteiger charge is 2.23. The summed E-state index contributed by atoms with van der Waals surface area (Å²) in [5, 5.41) is 12.6. The van der Waals surface area contributed by atoms with E-state index in [1.54, 1.807) is 12.1 Å². The number of allylic oxidation sites excluding steroid dienone is 1. The molecule has 1 aromatic carbocycles. The number of hydrogen-bond donors (Lipinski definition) is 2. The van der Waals surface area contributed by atoms with E-state index in [0.717, 1.165) is 18.4 Å². The number of alkyl halides is 2. The van der Waals surface area contributed by atoms with Gasteiger partial charge < -0.3 is 15.2 Å². The molecule has 1 fully saturated rings. The molecule has 1 aliphatic carbocycles. The van der Waals surface area contributed by atoms with Gasteiger partial charge in [0.15, 0.2) is 0 Å². The van der Waals surface area contributed by atoms with Crippen LogP contribution in [0.15, 0.2) is 35.9 Å². The highest BCUT2D eigenvalue weighted by Crippen LogP contribution is 2.35. The highest BCUT2D eigenvalue weighted by atomic mass is 19.3. The van der Waals surface area contributed by atoms with E-state index in [9.17, 15) is 18.7 Å². The summed E-state index contributed by atoms with van der Waals surface area (Å²) in [6, 6.07) is 5.80. The van der Waals surface area contributed by atoms with Crippen molar-refractivity contribution in [1.29, 1.82) is 0 Å². The van der Waals surface area contributed by atoms with Crippen LogP contribution in [0.2, 0.25) is 0 Å². The van der Waals surface area contributed by atoms with Crippen molar-refractivity contribution >= 4 is 5.91 Å². The monoisotopic (exact) mass is 311 g/mol. The maximum absolute atomic E-state index is 12.2. The van der Waals surface area contributed by atoms with Gasteiger partial charge in [-0.1, -0.05) is 17.7 Å². The maximum atomic E-state index is 12.2. The Morgan fingerprint density at radius 2 is 2.23 bits per heavy atom. The van der Waals surface area contributed by atoms with E-state index in [2.05, 4.69) is 10.1 Å². The predicted molar refractivity (Wildman–Crippen MR) is 77.5 cm³/mol. The van der Waals surface area contributed by atoms with Gasteiger partial charge in [0, 0.05) is 12.6 Å². The number of aliphatic hydroxyl groups excluding tert-OH is 1. The number of carbonyl (C=O) groups excluding carboxylic acids is 1.